The Labute approximate surface area is 208 Å². The number of carbonyl (C=O) groups excluding carboxylic acids is 1. The van der Waals surface area contributed by atoms with Crippen molar-refractivity contribution in [3.8, 4) is 0 Å². The van der Waals surface area contributed by atoms with Crippen LogP contribution in [-0.4, -0.2) is 15.4 Å². The number of benzene rings is 4. The summed E-state index contributed by atoms with van der Waals surface area (Å²) in [7, 11) is 0. The van der Waals surface area contributed by atoms with Crippen LogP contribution in [0.3, 0.4) is 0 Å². The minimum absolute atomic E-state index is 0.0389. The maximum Gasteiger partial charge on any atom is 0.255 e. The SMILES string of the molecule is O=C(c1cccc2ccccc12)N(Cc1ccccc1)Cc1cccn1Cc1ccc(Br)cc1. The van der Waals surface area contributed by atoms with Gasteiger partial charge in [0.25, 0.3) is 5.91 Å². The molecule has 0 aliphatic rings. The summed E-state index contributed by atoms with van der Waals surface area (Å²) in [6, 6.07) is 36.7. The van der Waals surface area contributed by atoms with Crippen molar-refractivity contribution in [1.82, 2.24) is 9.47 Å². The van der Waals surface area contributed by atoms with Gasteiger partial charge in [0.15, 0.2) is 0 Å². The Bertz CT molecular complexity index is 1400. The molecular weight excluding hydrogens is 484 g/mol. The number of aromatic nitrogens is 1. The first-order valence-electron chi connectivity index (χ1n) is 11.4. The number of halogens is 1. The van der Waals surface area contributed by atoms with E-state index in [1.54, 1.807) is 0 Å². The number of fused-ring (bicyclic) bond motifs is 1. The molecule has 0 saturated carbocycles. The third kappa shape index (κ3) is 4.97. The number of hydrogen-bond acceptors (Lipinski definition) is 1. The molecule has 168 valence electrons. The van der Waals surface area contributed by atoms with Crippen LogP contribution in [0.2, 0.25) is 0 Å². The first-order chi connectivity index (χ1) is 16.7. The van der Waals surface area contributed by atoms with Crippen LogP contribution < -0.4 is 0 Å². The number of hydrogen-bond donors (Lipinski definition) is 0. The molecule has 5 rings (SSSR count). The number of amides is 1. The molecule has 0 N–H and O–H groups in total. The quantitative estimate of drug-likeness (QED) is 0.226. The van der Waals surface area contributed by atoms with Gasteiger partial charge in [0.2, 0.25) is 0 Å². The van der Waals surface area contributed by atoms with E-state index >= 15 is 0 Å². The van der Waals surface area contributed by atoms with Crippen molar-refractivity contribution in [2.45, 2.75) is 19.6 Å². The van der Waals surface area contributed by atoms with E-state index in [1.807, 2.05) is 53.4 Å². The van der Waals surface area contributed by atoms with Crippen molar-refractivity contribution < 1.29 is 4.79 Å². The number of rotatable bonds is 7. The highest BCUT2D eigenvalue weighted by Crippen LogP contribution is 2.23. The molecule has 1 aromatic heterocycles. The molecule has 0 atom stereocenters. The molecule has 4 heteroatoms. The first-order valence-corrected chi connectivity index (χ1v) is 12.2. The fourth-order valence-corrected chi connectivity index (χ4v) is 4.58. The molecule has 34 heavy (non-hydrogen) atoms. The molecule has 0 radical (unpaired) electrons. The van der Waals surface area contributed by atoms with E-state index in [4.69, 9.17) is 0 Å². The highest BCUT2D eigenvalue weighted by molar-refractivity contribution is 9.10. The zero-order valence-corrected chi connectivity index (χ0v) is 20.4. The van der Waals surface area contributed by atoms with Crippen molar-refractivity contribution in [2.75, 3.05) is 0 Å². The lowest BCUT2D eigenvalue weighted by Crippen LogP contribution is -2.31. The van der Waals surface area contributed by atoms with Gasteiger partial charge in [-0.2, -0.15) is 0 Å². The van der Waals surface area contributed by atoms with Gasteiger partial charge in [0.1, 0.15) is 0 Å². The lowest BCUT2D eigenvalue weighted by molar-refractivity contribution is 0.0728. The van der Waals surface area contributed by atoms with E-state index in [9.17, 15) is 4.79 Å². The maximum absolute atomic E-state index is 13.9. The smallest absolute Gasteiger partial charge is 0.255 e. The summed E-state index contributed by atoms with van der Waals surface area (Å²) in [4.78, 5) is 15.9. The van der Waals surface area contributed by atoms with E-state index in [0.29, 0.717) is 13.1 Å². The lowest BCUT2D eigenvalue weighted by Gasteiger charge is -2.25. The topological polar surface area (TPSA) is 25.2 Å². The van der Waals surface area contributed by atoms with Gasteiger partial charge in [-0.3, -0.25) is 4.79 Å². The zero-order valence-electron chi connectivity index (χ0n) is 18.8. The van der Waals surface area contributed by atoms with Crippen LogP contribution in [0.5, 0.6) is 0 Å². The van der Waals surface area contributed by atoms with E-state index < -0.39 is 0 Å². The van der Waals surface area contributed by atoms with Crippen LogP contribution in [0.25, 0.3) is 10.8 Å². The molecule has 5 aromatic rings. The maximum atomic E-state index is 13.9. The largest absolute Gasteiger partial charge is 0.345 e. The average Bonchev–Trinajstić information content (AvgIpc) is 3.31. The molecule has 0 saturated heterocycles. The summed E-state index contributed by atoms with van der Waals surface area (Å²) in [5.41, 5.74) is 4.17. The molecule has 0 aliphatic heterocycles. The molecule has 0 aliphatic carbocycles. The second kappa shape index (κ2) is 10.1. The van der Waals surface area contributed by atoms with Crippen LogP contribution in [0.1, 0.15) is 27.2 Å². The van der Waals surface area contributed by atoms with Gasteiger partial charge in [-0.05, 0) is 52.2 Å². The van der Waals surface area contributed by atoms with E-state index in [-0.39, 0.29) is 5.91 Å². The number of carbonyl (C=O) groups is 1. The number of nitrogens with zero attached hydrogens (tertiary/aromatic N) is 2. The zero-order chi connectivity index (χ0) is 23.3. The predicted octanol–water partition coefficient (Wildman–Crippen LogP) is 7.29. The van der Waals surface area contributed by atoms with E-state index in [0.717, 1.165) is 38.6 Å². The fraction of sp³-hybridized carbons (Fsp3) is 0.100. The Morgan fingerprint density at radius 2 is 1.44 bits per heavy atom. The van der Waals surface area contributed by atoms with Gasteiger partial charge in [0, 0.05) is 35.0 Å². The summed E-state index contributed by atoms with van der Waals surface area (Å²) in [6.45, 7) is 1.84. The van der Waals surface area contributed by atoms with Gasteiger partial charge in [-0.15, -0.1) is 0 Å². The van der Waals surface area contributed by atoms with Crippen molar-refractivity contribution in [3.63, 3.8) is 0 Å². The second-order valence-corrected chi connectivity index (χ2v) is 9.34. The Morgan fingerprint density at radius 1 is 0.706 bits per heavy atom. The van der Waals surface area contributed by atoms with Crippen LogP contribution >= 0.6 is 15.9 Å². The molecule has 0 bridgehead atoms. The van der Waals surface area contributed by atoms with Crippen LogP contribution in [-0.2, 0) is 19.6 Å². The molecule has 0 fully saturated rings. The standard InChI is InChI=1S/C30H25BrN2O/c31-26-17-15-24(16-18-26)20-32-19-7-12-27(32)22-33(21-23-8-2-1-3-9-23)30(34)29-14-6-11-25-10-4-5-13-28(25)29/h1-19H,20-22H2. The predicted molar refractivity (Wildman–Crippen MR) is 142 cm³/mol. The summed E-state index contributed by atoms with van der Waals surface area (Å²) in [5.74, 6) is 0.0389. The lowest BCUT2D eigenvalue weighted by atomic mass is 10.0. The molecule has 3 nitrogen and oxygen atoms in total. The van der Waals surface area contributed by atoms with Gasteiger partial charge in [-0.1, -0.05) is 94.8 Å². The van der Waals surface area contributed by atoms with Crippen LogP contribution in [0.15, 0.2) is 120 Å². The summed E-state index contributed by atoms with van der Waals surface area (Å²) in [5, 5.41) is 2.06. The Morgan fingerprint density at radius 3 is 2.26 bits per heavy atom. The monoisotopic (exact) mass is 508 g/mol. The highest BCUT2D eigenvalue weighted by atomic mass is 79.9. The molecule has 0 spiro atoms. The molecule has 1 amide bonds. The average molecular weight is 509 g/mol. The Hall–Kier alpha value is -3.63. The van der Waals surface area contributed by atoms with Crippen molar-refractivity contribution >= 4 is 32.6 Å². The molecule has 1 heterocycles. The van der Waals surface area contributed by atoms with E-state index in [2.05, 4.69) is 87.4 Å². The van der Waals surface area contributed by atoms with Crippen LogP contribution in [0, 0.1) is 0 Å². The van der Waals surface area contributed by atoms with Crippen molar-refractivity contribution in [3.05, 3.63) is 142 Å². The van der Waals surface area contributed by atoms with Gasteiger partial charge < -0.3 is 9.47 Å². The molecular formula is C30H25BrN2O. The molecule has 0 unspecified atom stereocenters. The Balaban J connectivity index is 1.47. The summed E-state index contributed by atoms with van der Waals surface area (Å²) in [6.07, 6.45) is 2.08. The van der Waals surface area contributed by atoms with Gasteiger partial charge >= 0.3 is 0 Å². The first kappa shape index (κ1) is 22.2. The van der Waals surface area contributed by atoms with Crippen molar-refractivity contribution in [1.29, 1.82) is 0 Å². The highest BCUT2D eigenvalue weighted by Gasteiger charge is 2.20. The summed E-state index contributed by atoms with van der Waals surface area (Å²) >= 11 is 3.51. The Kier molecular flexibility index (Phi) is 6.59. The molecule has 4 aromatic carbocycles. The van der Waals surface area contributed by atoms with Gasteiger partial charge in [-0.25, -0.2) is 0 Å². The summed E-state index contributed by atoms with van der Waals surface area (Å²) < 4.78 is 3.29. The minimum Gasteiger partial charge on any atom is -0.345 e. The normalized spacial score (nSPS) is 11.0. The fourth-order valence-electron chi connectivity index (χ4n) is 4.31. The third-order valence-corrected chi connectivity index (χ3v) is 6.59. The second-order valence-electron chi connectivity index (χ2n) is 8.43. The van der Waals surface area contributed by atoms with Crippen molar-refractivity contribution in [2.24, 2.45) is 0 Å². The van der Waals surface area contributed by atoms with Crippen LogP contribution in [0.4, 0.5) is 0 Å². The van der Waals surface area contributed by atoms with E-state index in [1.165, 1.54) is 5.56 Å². The minimum atomic E-state index is 0.0389. The van der Waals surface area contributed by atoms with Gasteiger partial charge in [0.05, 0.1) is 6.54 Å². The third-order valence-electron chi connectivity index (χ3n) is 6.07.